The van der Waals surface area contributed by atoms with Gasteiger partial charge in [-0.2, -0.15) is 13.2 Å². The minimum absolute atomic E-state index is 0.0303. The van der Waals surface area contributed by atoms with Crippen molar-refractivity contribution in [2.24, 2.45) is 5.16 Å². The van der Waals surface area contributed by atoms with Crippen molar-refractivity contribution in [1.82, 2.24) is 15.0 Å². The number of para-hydroxylation sites is 1. The first kappa shape index (κ1) is 30.5. The number of fused-ring (bicyclic) bond motifs is 3. The van der Waals surface area contributed by atoms with Gasteiger partial charge in [0.1, 0.15) is 28.5 Å². The van der Waals surface area contributed by atoms with Crippen molar-refractivity contribution in [1.29, 1.82) is 0 Å². The van der Waals surface area contributed by atoms with Crippen molar-refractivity contribution in [2.45, 2.75) is 63.5 Å². The van der Waals surface area contributed by atoms with Crippen LogP contribution in [0.5, 0.6) is 0 Å². The lowest BCUT2D eigenvalue weighted by Gasteiger charge is -2.53. The van der Waals surface area contributed by atoms with E-state index in [-0.39, 0.29) is 40.6 Å². The predicted octanol–water partition coefficient (Wildman–Crippen LogP) is 5.24. The first-order valence-electron chi connectivity index (χ1n) is 15.5. The molecule has 11 nitrogen and oxygen atoms in total. The number of benzene rings is 1. The van der Waals surface area contributed by atoms with Crippen LogP contribution in [0.3, 0.4) is 0 Å². The van der Waals surface area contributed by atoms with Crippen LogP contribution in [0, 0.1) is 0 Å². The Hall–Kier alpha value is -4.17. The Bertz CT molecular complexity index is 1850. The number of hydrogen-bond donors (Lipinski definition) is 1. The molecule has 0 saturated carbocycles. The summed E-state index contributed by atoms with van der Waals surface area (Å²) in [7, 11) is 0. The lowest BCUT2D eigenvalue weighted by molar-refractivity contribution is -0.228. The third-order valence-electron chi connectivity index (χ3n) is 9.36. The van der Waals surface area contributed by atoms with Crippen molar-refractivity contribution in [3.05, 3.63) is 58.3 Å². The number of H-pyrrole nitrogens is 1. The van der Waals surface area contributed by atoms with E-state index in [2.05, 4.69) is 31.9 Å². The molecule has 14 heteroatoms. The van der Waals surface area contributed by atoms with Gasteiger partial charge in [0, 0.05) is 31.2 Å². The maximum atomic E-state index is 13.1. The quantitative estimate of drug-likeness (QED) is 0.321. The van der Waals surface area contributed by atoms with Crippen molar-refractivity contribution >= 4 is 39.3 Å². The molecule has 3 aromatic heterocycles. The molecule has 4 aromatic rings. The van der Waals surface area contributed by atoms with E-state index in [1.54, 1.807) is 30.5 Å². The number of furan rings is 1. The average Bonchev–Trinajstić information content (AvgIpc) is 3.76. The minimum Gasteiger partial charge on any atom is -0.450 e. The van der Waals surface area contributed by atoms with Crippen LogP contribution >= 0.6 is 0 Å². The summed E-state index contributed by atoms with van der Waals surface area (Å²) in [5.41, 5.74) is 3.34. The number of morpholine rings is 1. The molecule has 7 heterocycles. The first-order chi connectivity index (χ1) is 22.1. The fourth-order valence-corrected chi connectivity index (χ4v) is 6.77. The lowest BCUT2D eigenvalue weighted by atomic mass is 9.89. The summed E-state index contributed by atoms with van der Waals surface area (Å²) in [6.45, 7) is 9.87. The van der Waals surface area contributed by atoms with E-state index in [0.29, 0.717) is 61.7 Å². The number of hydrogen-bond acceptors (Lipinski definition) is 10. The summed E-state index contributed by atoms with van der Waals surface area (Å²) in [6.07, 6.45) is -0.966. The van der Waals surface area contributed by atoms with Crippen molar-refractivity contribution in [3.8, 4) is 0 Å². The number of ether oxygens (including phenoxy) is 2. The van der Waals surface area contributed by atoms with Gasteiger partial charge in [-0.25, -0.2) is 9.97 Å². The van der Waals surface area contributed by atoms with Crippen LogP contribution in [0.15, 0.2) is 50.9 Å². The number of aromatic nitrogens is 3. The molecule has 3 unspecified atom stereocenters. The molecule has 3 atom stereocenters. The summed E-state index contributed by atoms with van der Waals surface area (Å²) in [5.74, 6) is -0.808. The Morgan fingerprint density at radius 2 is 1.83 bits per heavy atom. The van der Waals surface area contributed by atoms with Crippen LogP contribution in [0.25, 0.3) is 22.1 Å². The molecule has 4 aliphatic rings. The second-order valence-corrected chi connectivity index (χ2v) is 12.3. The zero-order valence-electron chi connectivity index (χ0n) is 25.8. The van der Waals surface area contributed by atoms with E-state index in [0.717, 1.165) is 24.1 Å². The summed E-state index contributed by atoms with van der Waals surface area (Å²) < 4.78 is 56.4. The van der Waals surface area contributed by atoms with E-state index >= 15 is 0 Å². The molecule has 0 amide bonds. The number of nitrogens with zero attached hydrogens (tertiary/aromatic N) is 5. The summed E-state index contributed by atoms with van der Waals surface area (Å²) >= 11 is 0. The molecule has 0 bridgehead atoms. The molecule has 3 fully saturated rings. The van der Waals surface area contributed by atoms with E-state index in [1.165, 1.54) is 0 Å². The summed E-state index contributed by atoms with van der Waals surface area (Å²) in [4.78, 5) is 32.2. The molecule has 0 radical (unpaired) electrons. The monoisotopic (exact) mass is 640 g/mol. The Morgan fingerprint density at radius 1 is 1.07 bits per heavy atom. The smallest absolute Gasteiger partial charge is 0.450 e. The molecule has 244 valence electrons. The molecule has 1 spiro atoms. The molecule has 4 aliphatic heterocycles. The zero-order valence-corrected chi connectivity index (χ0v) is 25.8. The molecule has 1 N–H and O–H groups in total. The number of halogens is 3. The standard InChI is InChI=1S/C17H23N3O4.C15H12F3N3O/c1-10-15(11(2)24-19-10)13-6-14(16(21)18-7-13)20-4-5-23-17(12(20)3)8-22-9-17;16-15(17,18)14-19-11-9-5-1-2-6-10(9)22-12(11)13(20-14)21-7-3-4-8-21/h6-7,11-12,15H,4-5,8-9H2,1-3H3,(H,18,21);1-2,5-6H,3-4,7-8H2. The van der Waals surface area contributed by atoms with Gasteiger partial charge in [-0.3, -0.25) is 4.79 Å². The third kappa shape index (κ3) is 5.26. The van der Waals surface area contributed by atoms with Crippen molar-refractivity contribution in [2.75, 3.05) is 49.3 Å². The molecule has 8 rings (SSSR count). The number of aromatic amines is 1. The number of alkyl halides is 3. The number of anilines is 2. The SMILES string of the molecule is CC1=NOC(C)C1c1c[nH]c(=O)c(N2CCOC3(COC3)C2C)c1.FC(F)(F)c1nc(N2CCCC2)c2oc3ccccc3c2n1. The van der Waals surface area contributed by atoms with Gasteiger partial charge >= 0.3 is 6.18 Å². The molecular formula is C32H35F3N6O5. The minimum atomic E-state index is -4.58. The average molecular weight is 641 g/mol. The maximum Gasteiger partial charge on any atom is 0.451 e. The van der Waals surface area contributed by atoms with Gasteiger partial charge in [-0.05, 0) is 57.4 Å². The second-order valence-electron chi connectivity index (χ2n) is 12.3. The van der Waals surface area contributed by atoms with E-state index in [9.17, 15) is 18.0 Å². The molecule has 3 saturated heterocycles. The highest BCUT2D eigenvalue weighted by Crippen LogP contribution is 2.38. The molecular weight excluding hydrogens is 605 g/mol. The highest BCUT2D eigenvalue weighted by atomic mass is 19.4. The fourth-order valence-electron chi connectivity index (χ4n) is 6.77. The van der Waals surface area contributed by atoms with Crippen LogP contribution in [0.4, 0.5) is 24.7 Å². The van der Waals surface area contributed by atoms with Gasteiger partial charge < -0.3 is 33.5 Å². The highest BCUT2D eigenvalue weighted by Gasteiger charge is 2.50. The second kappa shape index (κ2) is 11.6. The molecule has 46 heavy (non-hydrogen) atoms. The van der Waals surface area contributed by atoms with Crippen LogP contribution in [-0.4, -0.2) is 77.9 Å². The highest BCUT2D eigenvalue weighted by molar-refractivity contribution is 6.05. The fraction of sp³-hybridized carbons (Fsp3) is 0.500. The number of rotatable bonds is 3. The topological polar surface area (TPSA) is 118 Å². The van der Waals surface area contributed by atoms with Gasteiger partial charge in [0.05, 0.1) is 37.5 Å². The summed E-state index contributed by atoms with van der Waals surface area (Å²) in [6, 6.07) is 9.02. The first-order valence-corrected chi connectivity index (χ1v) is 15.5. The predicted molar refractivity (Wildman–Crippen MR) is 166 cm³/mol. The number of oxime groups is 1. The normalized spacial score (nSPS) is 24.1. The van der Waals surface area contributed by atoms with Gasteiger partial charge in [-0.1, -0.05) is 17.3 Å². The largest absolute Gasteiger partial charge is 0.451 e. The van der Waals surface area contributed by atoms with Gasteiger partial charge in [0.25, 0.3) is 5.56 Å². The third-order valence-corrected chi connectivity index (χ3v) is 9.36. The number of pyridine rings is 1. The lowest BCUT2D eigenvalue weighted by Crippen LogP contribution is -2.68. The van der Waals surface area contributed by atoms with Crippen molar-refractivity contribution < 1.29 is 31.9 Å². The molecule has 0 aliphatic carbocycles. The van der Waals surface area contributed by atoms with Crippen LogP contribution in [0.1, 0.15) is 50.9 Å². The van der Waals surface area contributed by atoms with Gasteiger partial charge in [-0.15, -0.1) is 0 Å². The van der Waals surface area contributed by atoms with Crippen LogP contribution in [0.2, 0.25) is 0 Å². The van der Waals surface area contributed by atoms with Gasteiger partial charge in [0.15, 0.2) is 11.4 Å². The van der Waals surface area contributed by atoms with Crippen LogP contribution < -0.4 is 15.4 Å². The maximum absolute atomic E-state index is 13.1. The Kier molecular flexibility index (Phi) is 7.67. The van der Waals surface area contributed by atoms with E-state index in [1.807, 2.05) is 24.8 Å². The zero-order chi connectivity index (χ0) is 32.2. The molecule has 1 aromatic carbocycles. The van der Waals surface area contributed by atoms with E-state index in [4.69, 9.17) is 18.7 Å². The van der Waals surface area contributed by atoms with Gasteiger partial charge in [0.2, 0.25) is 5.82 Å². The van der Waals surface area contributed by atoms with Crippen LogP contribution in [-0.2, 0) is 20.5 Å². The summed E-state index contributed by atoms with van der Waals surface area (Å²) in [5, 5.41) is 4.65. The van der Waals surface area contributed by atoms with Crippen molar-refractivity contribution in [3.63, 3.8) is 0 Å². The van der Waals surface area contributed by atoms with E-state index < -0.39 is 12.0 Å². The Balaban J connectivity index is 0.000000147. The Labute approximate surface area is 262 Å². The Morgan fingerprint density at radius 3 is 2.50 bits per heavy atom. The number of nitrogens with one attached hydrogen (secondary N) is 1.